The summed E-state index contributed by atoms with van der Waals surface area (Å²) in [5.41, 5.74) is 2.56. The molecule has 2 aliphatic heterocycles. The first-order valence-electron chi connectivity index (χ1n) is 8.89. The minimum absolute atomic E-state index is 0.575. The molecular weight excluding hydrogens is 284 g/mol. The first-order chi connectivity index (χ1) is 11.2. The number of piperidine rings is 1. The zero-order valence-electron chi connectivity index (χ0n) is 14.0. The van der Waals surface area contributed by atoms with Gasteiger partial charge < -0.3 is 9.80 Å². The normalized spacial score (nSPS) is 22.4. The van der Waals surface area contributed by atoms with E-state index in [9.17, 15) is 0 Å². The molecule has 3 heterocycles. The third-order valence-corrected chi connectivity index (χ3v) is 5.85. The molecule has 2 aliphatic rings. The van der Waals surface area contributed by atoms with Crippen molar-refractivity contribution >= 4 is 16.9 Å². The van der Waals surface area contributed by atoms with Crippen LogP contribution in [-0.2, 0) is 0 Å². The van der Waals surface area contributed by atoms with Crippen LogP contribution in [0, 0.1) is 5.41 Å². The first kappa shape index (κ1) is 14.9. The van der Waals surface area contributed by atoms with E-state index in [4.69, 9.17) is 4.98 Å². The Kier molecular flexibility index (Phi) is 3.93. The maximum Gasteiger partial charge on any atom is 0.147 e. The summed E-state index contributed by atoms with van der Waals surface area (Å²) in [6.07, 6.45) is 8.66. The molecular formula is C19H26N4. The van der Waals surface area contributed by atoms with Crippen LogP contribution in [0.1, 0.15) is 32.1 Å². The molecule has 1 aromatic carbocycles. The number of fused-ring (bicyclic) bond motifs is 1. The van der Waals surface area contributed by atoms with Crippen LogP contribution in [-0.4, -0.2) is 48.1 Å². The highest BCUT2D eigenvalue weighted by atomic mass is 15.2. The van der Waals surface area contributed by atoms with Gasteiger partial charge in [0.25, 0.3) is 0 Å². The Morgan fingerprint density at radius 2 is 1.65 bits per heavy atom. The van der Waals surface area contributed by atoms with Gasteiger partial charge in [-0.1, -0.05) is 12.1 Å². The van der Waals surface area contributed by atoms with Gasteiger partial charge in [0.2, 0.25) is 0 Å². The number of anilines is 1. The van der Waals surface area contributed by atoms with Crippen molar-refractivity contribution in [2.75, 3.05) is 38.1 Å². The van der Waals surface area contributed by atoms with Gasteiger partial charge in [0.1, 0.15) is 5.82 Å². The molecule has 2 saturated heterocycles. The lowest BCUT2D eigenvalue weighted by molar-refractivity contribution is 0.184. The van der Waals surface area contributed by atoms with Gasteiger partial charge in [0.05, 0.1) is 17.2 Å². The Morgan fingerprint density at radius 3 is 2.48 bits per heavy atom. The third-order valence-electron chi connectivity index (χ3n) is 5.85. The quantitative estimate of drug-likeness (QED) is 0.809. The Labute approximate surface area is 138 Å². The van der Waals surface area contributed by atoms with Crippen LogP contribution in [0.5, 0.6) is 0 Å². The van der Waals surface area contributed by atoms with E-state index in [1.807, 2.05) is 24.4 Å². The van der Waals surface area contributed by atoms with E-state index in [0.29, 0.717) is 5.41 Å². The van der Waals surface area contributed by atoms with Gasteiger partial charge in [-0.3, -0.25) is 4.98 Å². The van der Waals surface area contributed by atoms with Gasteiger partial charge in [-0.2, -0.15) is 0 Å². The molecule has 4 heteroatoms. The minimum atomic E-state index is 0.575. The maximum absolute atomic E-state index is 4.82. The zero-order valence-corrected chi connectivity index (χ0v) is 14.0. The number of aromatic nitrogens is 2. The summed E-state index contributed by atoms with van der Waals surface area (Å²) in [5.74, 6) is 1.05. The second-order valence-corrected chi connectivity index (χ2v) is 7.36. The summed E-state index contributed by atoms with van der Waals surface area (Å²) >= 11 is 0. The van der Waals surface area contributed by atoms with Crippen molar-refractivity contribution in [2.45, 2.75) is 32.1 Å². The van der Waals surface area contributed by atoms with Crippen molar-refractivity contribution < 1.29 is 0 Å². The Morgan fingerprint density at radius 1 is 0.913 bits per heavy atom. The lowest BCUT2D eigenvalue weighted by atomic mass is 9.73. The van der Waals surface area contributed by atoms with Crippen LogP contribution >= 0.6 is 0 Å². The van der Waals surface area contributed by atoms with Crippen molar-refractivity contribution in [3.05, 3.63) is 30.5 Å². The summed E-state index contributed by atoms with van der Waals surface area (Å²) in [6, 6.07) is 8.14. The monoisotopic (exact) mass is 310 g/mol. The molecule has 0 radical (unpaired) electrons. The van der Waals surface area contributed by atoms with Gasteiger partial charge in [0.15, 0.2) is 0 Å². The van der Waals surface area contributed by atoms with Crippen LogP contribution in [0.2, 0.25) is 0 Å². The second kappa shape index (κ2) is 6.08. The van der Waals surface area contributed by atoms with Crippen molar-refractivity contribution in [1.29, 1.82) is 0 Å². The van der Waals surface area contributed by atoms with Gasteiger partial charge >= 0.3 is 0 Å². The standard InChI is InChI=1S/C19H26N4/c1-22-11-4-7-19(8-12-22)9-13-23(14-10-19)18-15-20-16-5-2-3-6-17(16)21-18/h2-3,5-6,15H,4,7-14H2,1H3. The molecule has 4 rings (SSSR count). The number of hydrogen-bond acceptors (Lipinski definition) is 4. The number of nitrogens with zero attached hydrogens (tertiary/aromatic N) is 4. The molecule has 0 N–H and O–H groups in total. The Bertz CT molecular complexity index is 676. The minimum Gasteiger partial charge on any atom is -0.355 e. The highest BCUT2D eigenvalue weighted by Crippen LogP contribution is 2.41. The molecule has 2 fully saturated rings. The number of para-hydroxylation sites is 2. The van der Waals surface area contributed by atoms with Crippen molar-refractivity contribution in [2.24, 2.45) is 5.41 Å². The van der Waals surface area contributed by atoms with Crippen LogP contribution in [0.3, 0.4) is 0 Å². The maximum atomic E-state index is 4.82. The van der Waals surface area contributed by atoms with Crippen LogP contribution in [0.25, 0.3) is 11.0 Å². The molecule has 0 saturated carbocycles. The summed E-state index contributed by atoms with van der Waals surface area (Å²) in [7, 11) is 2.26. The highest BCUT2D eigenvalue weighted by Gasteiger charge is 2.35. The fourth-order valence-corrected chi connectivity index (χ4v) is 4.20. The fourth-order valence-electron chi connectivity index (χ4n) is 4.20. The molecule has 4 nitrogen and oxygen atoms in total. The molecule has 0 unspecified atom stereocenters. The second-order valence-electron chi connectivity index (χ2n) is 7.36. The van der Waals surface area contributed by atoms with Crippen molar-refractivity contribution in [3.63, 3.8) is 0 Å². The summed E-state index contributed by atoms with van der Waals surface area (Å²) < 4.78 is 0. The summed E-state index contributed by atoms with van der Waals surface area (Å²) in [6.45, 7) is 4.77. The topological polar surface area (TPSA) is 32.3 Å². The van der Waals surface area contributed by atoms with Gasteiger partial charge in [-0.15, -0.1) is 0 Å². The molecule has 0 bridgehead atoms. The van der Waals surface area contributed by atoms with Crippen molar-refractivity contribution in [3.8, 4) is 0 Å². The number of benzene rings is 1. The van der Waals surface area contributed by atoms with E-state index >= 15 is 0 Å². The summed E-state index contributed by atoms with van der Waals surface area (Å²) in [5, 5.41) is 0. The fraction of sp³-hybridized carbons (Fsp3) is 0.579. The van der Waals surface area contributed by atoms with Crippen LogP contribution in [0.15, 0.2) is 30.5 Å². The summed E-state index contributed by atoms with van der Waals surface area (Å²) in [4.78, 5) is 14.3. The van der Waals surface area contributed by atoms with E-state index in [1.165, 1.54) is 45.2 Å². The Hall–Kier alpha value is -1.68. The number of likely N-dealkylation sites (tertiary alicyclic amines) is 1. The van der Waals surface area contributed by atoms with Gasteiger partial charge in [0, 0.05) is 13.1 Å². The number of rotatable bonds is 1. The average Bonchev–Trinajstić information content (AvgIpc) is 2.77. The molecule has 1 aromatic heterocycles. The lowest BCUT2D eigenvalue weighted by Crippen LogP contribution is -2.41. The highest BCUT2D eigenvalue weighted by molar-refractivity contribution is 5.75. The van der Waals surface area contributed by atoms with Gasteiger partial charge in [-0.05, 0) is 69.8 Å². The van der Waals surface area contributed by atoms with Crippen LogP contribution in [0.4, 0.5) is 5.82 Å². The van der Waals surface area contributed by atoms with E-state index in [-0.39, 0.29) is 0 Å². The molecule has 122 valence electrons. The van der Waals surface area contributed by atoms with Gasteiger partial charge in [-0.25, -0.2) is 4.98 Å². The molecule has 1 spiro atoms. The van der Waals surface area contributed by atoms with Crippen molar-refractivity contribution in [1.82, 2.24) is 14.9 Å². The predicted octanol–water partition coefficient (Wildman–Crippen LogP) is 3.33. The number of hydrogen-bond donors (Lipinski definition) is 0. The molecule has 0 aliphatic carbocycles. The Balaban J connectivity index is 1.48. The van der Waals surface area contributed by atoms with E-state index in [0.717, 1.165) is 29.9 Å². The van der Waals surface area contributed by atoms with E-state index in [1.54, 1.807) is 0 Å². The zero-order chi connectivity index (χ0) is 15.7. The average molecular weight is 310 g/mol. The SMILES string of the molecule is CN1CCCC2(CC1)CCN(c1cnc3ccccc3n1)CC2. The largest absolute Gasteiger partial charge is 0.355 e. The lowest BCUT2D eigenvalue weighted by Gasteiger charge is -2.42. The van der Waals surface area contributed by atoms with E-state index in [2.05, 4.69) is 27.9 Å². The van der Waals surface area contributed by atoms with E-state index < -0.39 is 0 Å². The van der Waals surface area contributed by atoms with Crippen LogP contribution < -0.4 is 4.90 Å². The predicted molar refractivity (Wildman–Crippen MR) is 94.8 cm³/mol. The first-order valence-corrected chi connectivity index (χ1v) is 8.89. The molecule has 23 heavy (non-hydrogen) atoms. The smallest absolute Gasteiger partial charge is 0.147 e. The molecule has 2 aromatic rings. The third kappa shape index (κ3) is 3.05. The molecule has 0 atom stereocenters. The molecule has 0 amide bonds.